The van der Waals surface area contributed by atoms with Crippen LogP contribution in [0.1, 0.15) is 25.8 Å². The van der Waals surface area contributed by atoms with Crippen molar-refractivity contribution < 1.29 is 0 Å². The van der Waals surface area contributed by atoms with Gasteiger partial charge in [-0.15, -0.1) is 0 Å². The number of hydrogen-bond acceptors (Lipinski definition) is 1. The Bertz CT molecular complexity index is 275. The Labute approximate surface area is 94.8 Å². The van der Waals surface area contributed by atoms with Crippen LogP contribution in [0.25, 0.3) is 0 Å². The monoisotopic (exact) mass is 255 g/mol. The van der Waals surface area contributed by atoms with Gasteiger partial charge < -0.3 is 5.73 Å². The first-order valence-corrected chi connectivity index (χ1v) is 5.83. The third-order valence-corrected chi connectivity index (χ3v) is 3.42. The zero-order valence-corrected chi connectivity index (χ0v) is 10.5. The van der Waals surface area contributed by atoms with Crippen LogP contribution < -0.4 is 5.73 Å². The van der Waals surface area contributed by atoms with E-state index in [-0.39, 0.29) is 5.41 Å². The van der Waals surface area contributed by atoms with Crippen LogP contribution in [0.2, 0.25) is 0 Å². The minimum Gasteiger partial charge on any atom is -0.330 e. The molecular formula is C12H18BrN. The van der Waals surface area contributed by atoms with Crippen LogP contribution in [-0.2, 0) is 6.42 Å². The molecule has 0 fully saturated rings. The van der Waals surface area contributed by atoms with E-state index in [1.807, 2.05) is 0 Å². The van der Waals surface area contributed by atoms with E-state index in [1.165, 1.54) is 5.56 Å². The molecule has 1 aromatic rings. The van der Waals surface area contributed by atoms with Gasteiger partial charge >= 0.3 is 0 Å². The number of rotatable bonds is 4. The quantitative estimate of drug-likeness (QED) is 0.878. The lowest BCUT2D eigenvalue weighted by atomic mass is 9.81. The predicted octanol–water partition coefficient (Wildman–Crippen LogP) is 3.37. The lowest BCUT2D eigenvalue weighted by Gasteiger charge is -2.26. The molecule has 1 nitrogen and oxygen atoms in total. The number of hydrogen-bond donors (Lipinski definition) is 1. The maximum atomic E-state index is 5.79. The average Bonchev–Trinajstić information content (AvgIpc) is 2.21. The SMILES string of the molecule is CCC(C)(CN)Cc1ccc(Br)cc1. The van der Waals surface area contributed by atoms with E-state index in [0.29, 0.717) is 0 Å². The van der Waals surface area contributed by atoms with E-state index in [0.717, 1.165) is 23.9 Å². The fourth-order valence-corrected chi connectivity index (χ4v) is 1.70. The molecule has 1 aromatic carbocycles. The van der Waals surface area contributed by atoms with Crippen molar-refractivity contribution in [1.29, 1.82) is 0 Å². The second kappa shape index (κ2) is 4.94. The van der Waals surface area contributed by atoms with Crippen LogP contribution in [0.4, 0.5) is 0 Å². The molecular weight excluding hydrogens is 238 g/mol. The smallest absolute Gasteiger partial charge is 0.0175 e. The second-order valence-corrected chi connectivity index (χ2v) is 5.09. The van der Waals surface area contributed by atoms with Gasteiger partial charge in [0.15, 0.2) is 0 Å². The first-order chi connectivity index (χ1) is 6.59. The van der Waals surface area contributed by atoms with Crippen molar-refractivity contribution in [1.82, 2.24) is 0 Å². The van der Waals surface area contributed by atoms with Crippen LogP contribution >= 0.6 is 15.9 Å². The molecule has 14 heavy (non-hydrogen) atoms. The second-order valence-electron chi connectivity index (χ2n) is 4.17. The zero-order chi connectivity index (χ0) is 10.6. The molecule has 0 aliphatic carbocycles. The van der Waals surface area contributed by atoms with Crippen molar-refractivity contribution in [2.45, 2.75) is 26.7 Å². The van der Waals surface area contributed by atoms with Crippen LogP contribution in [0.15, 0.2) is 28.7 Å². The third-order valence-electron chi connectivity index (χ3n) is 2.89. The first kappa shape index (κ1) is 11.7. The molecule has 0 saturated carbocycles. The van der Waals surface area contributed by atoms with Crippen molar-refractivity contribution in [3.63, 3.8) is 0 Å². The Kier molecular flexibility index (Phi) is 4.14. The topological polar surface area (TPSA) is 26.0 Å². The number of halogens is 1. The molecule has 2 heteroatoms. The standard InChI is InChI=1S/C12H18BrN/c1-3-12(2,9-14)8-10-4-6-11(13)7-5-10/h4-7H,3,8-9,14H2,1-2H3. The molecule has 2 N–H and O–H groups in total. The number of nitrogens with two attached hydrogens (primary N) is 1. The lowest BCUT2D eigenvalue weighted by molar-refractivity contribution is 0.320. The van der Waals surface area contributed by atoms with Gasteiger partial charge in [0.25, 0.3) is 0 Å². The summed E-state index contributed by atoms with van der Waals surface area (Å²) in [5.74, 6) is 0. The molecule has 0 radical (unpaired) electrons. The summed E-state index contributed by atoms with van der Waals surface area (Å²) in [6.45, 7) is 5.19. The highest BCUT2D eigenvalue weighted by atomic mass is 79.9. The fourth-order valence-electron chi connectivity index (χ4n) is 1.44. The van der Waals surface area contributed by atoms with Gasteiger partial charge in [0.05, 0.1) is 0 Å². The van der Waals surface area contributed by atoms with E-state index >= 15 is 0 Å². The van der Waals surface area contributed by atoms with Crippen molar-refractivity contribution in [3.8, 4) is 0 Å². The van der Waals surface area contributed by atoms with Gasteiger partial charge in [-0.05, 0) is 42.5 Å². The lowest BCUT2D eigenvalue weighted by Crippen LogP contribution is -2.28. The summed E-state index contributed by atoms with van der Waals surface area (Å²) in [4.78, 5) is 0. The molecule has 1 unspecified atom stereocenters. The van der Waals surface area contributed by atoms with Gasteiger partial charge in [-0.2, -0.15) is 0 Å². The van der Waals surface area contributed by atoms with Gasteiger partial charge in [-0.3, -0.25) is 0 Å². The van der Waals surface area contributed by atoms with Crippen molar-refractivity contribution in [3.05, 3.63) is 34.3 Å². The molecule has 1 rings (SSSR count). The van der Waals surface area contributed by atoms with Gasteiger partial charge in [0, 0.05) is 4.47 Å². The van der Waals surface area contributed by atoms with Gasteiger partial charge in [-0.1, -0.05) is 41.9 Å². The molecule has 0 heterocycles. The molecule has 0 aliphatic heterocycles. The summed E-state index contributed by atoms with van der Waals surface area (Å²) in [6.07, 6.45) is 2.19. The van der Waals surface area contributed by atoms with Gasteiger partial charge in [-0.25, -0.2) is 0 Å². The molecule has 0 aliphatic rings. The fraction of sp³-hybridized carbons (Fsp3) is 0.500. The first-order valence-electron chi connectivity index (χ1n) is 5.04. The van der Waals surface area contributed by atoms with E-state index in [9.17, 15) is 0 Å². The van der Waals surface area contributed by atoms with E-state index in [4.69, 9.17) is 5.73 Å². The molecule has 0 saturated heterocycles. The summed E-state index contributed by atoms with van der Waals surface area (Å²) >= 11 is 3.43. The van der Waals surface area contributed by atoms with E-state index < -0.39 is 0 Å². The van der Waals surface area contributed by atoms with Crippen LogP contribution in [0, 0.1) is 5.41 Å². The van der Waals surface area contributed by atoms with Gasteiger partial charge in [0.2, 0.25) is 0 Å². The Balaban J connectivity index is 2.72. The summed E-state index contributed by atoms with van der Waals surface area (Å²) in [7, 11) is 0. The van der Waals surface area contributed by atoms with E-state index in [2.05, 4.69) is 54.0 Å². The highest BCUT2D eigenvalue weighted by Gasteiger charge is 2.20. The molecule has 0 aromatic heterocycles. The normalized spacial score (nSPS) is 15.1. The highest BCUT2D eigenvalue weighted by molar-refractivity contribution is 9.10. The maximum Gasteiger partial charge on any atom is 0.0175 e. The Morgan fingerprint density at radius 1 is 1.29 bits per heavy atom. The Hall–Kier alpha value is -0.340. The summed E-state index contributed by atoms with van der Waals surface area (Å²) < 4.78 is 1.13. The summed E-state index contributed by atoms with van der Waals surface area (Å²) in [5, 5.41) is 0. The Morgan fingerprint density at radius 2 is 1.86 bits per heavy atom. The molecule has 0 spiro atoms. The van der Waals surface area contributed by atoms with Crippen molar-refractivity contribution in [2.75, 3.05) is 6.54 Å². The van der Waals surface area contributed by atoms with Crippen LogP contribution in [-0.4, -0.2) is 6.54 Å². The number of benzene rings is 1. The maximum absolute atomic E-state index is 5.79. The minimum atomic E-state index is 0.244. The van der Waals surface area contributed by atoms with Crippen LogP contribution in [0.5, 0.6) is 0 Å². The largest absolute Gasteiger partial charge is 0.330 e. The predicted molar refractivity (Wildman–Crippen MR) is 65.3 cm³/mol. The molecule has 0 bridgehead atoms. The highest BCUT2D eigenvalue weighted by Crippen LogP contribution is 2.25. The molecule has 0 amide bonds. The third kappa shape index (κ3) is 3.10. The summed E-state index contributed by atoms with van der Waals surface area (Å²) in [6, 6.07) is 8.49. The average molecular weight is 256 g/mol. The zero-order valence-electron chi connectivity index (χ0n) is 8.89. The summed E-state index contributed by atoms with van der Waals surface area (Å²) in [5.41, 5.74) is 7.39. The Morgan fingerprint density at radius 3 is 2.29 bits per heavy atom. The minimum absolute atomic E-state index is 0.244. The van der Waals surface area contributed by atoms with Gasteiger partial charge in [0.1, 0.15) is 0 Å². The van der Waals surface area contributed by atoms with E-state index in [1.54, 1.807) is 0 Å². The van der Waals surface area contributed by atoms with Crippen molar-refractivity contribution in [2.24, 2.45) is 11.1 Å². The van der Waals surface area contributed by atoms with Crippen LogP contribution in [0.3, 0.4) is 0 Å². The molecule has 78 valence electrons. The van der Waals surface area contributed by atoms with Crippen molar-refractivity contribution >= 4 is 15.9 Å². The molecule has 1 atom stereocenters.